The monoisotopic (exact) mass is 472 g/mol. The molecule has 8 nitrogen and oxygen atoms in total. The summed E-state index contributed by atoms with van der Waals surface area (Å²) in [5, 5.41) is 8.99. The van der Waals surface area contributed by atoms with E-state index in [2.05, 4.69) is 23.2 Å². The first-order valence-corrected chi connectivity index (χ1v) is 12.2. The minimum atomic E-state index is -0.0362. The van der Waals surface area contributed by atoms with Gasteiger partial charge in [-0.15, -0.1) is 0 Å². The number of hydrogen-bond acceptors (Lipinski definition) is 5. The number of ether oxygens (including phenoxy) is 1. The van der Waals surface area contributed by atoms with Gasteiger partial charge < -0.3 is 14.6 Å². The van der Waals surface area contributed by atoms with Crippen LogP contribution < -0.4 is 5.32 Å². The van der Waals surface area contributed by atoms with Crippen molar-refractivity contribution in [2.75, 3.05) is 39.4 Å². The summed E-state index contributed by atoms with van der Waals surface area (Å²) in [4.78, 5) is 19.7. The Kier molecular flexibility index (Phi) is 6.92. The molecule has 1 aliphatic rings. The number of carbonyl (C=O) groups is 1. The van der Waals surface area contributed by atoms with Crippen molar-refractivity contribution in [1.82, 2.24) is 29.5 Å². The number of aryl methyl sites for hydroxylation is 2. The highest BCUT2D eigenvalue weighted by molar-refractivity contribution is 5.94. The van der Waals surface area contributed by atoms with Crippen LogP contribution in [0.1, 0.15) is 33.6 Å². The van der Waals surface area contributed by atoms with Crippen LogP contribution in [-0.4, -0.2) is 69.5 Å². The van der Waals surface area contributed by atoms with Crippen LogP contribution >= 0.6 is 0 Å². The van der Waals surface area contributed by atoms with Crippen LogP contribution in [-0.2, 0) is 11.3 Å². The lowest BCUT2D eigenvalue weighted by Crippen LogP contribution is -2.38. The van der Waals surface area contributed by atoms with Gasteiger partial charge in [-0.25, -0.2) is 9.67 Å². The second kappa shape index (κ2) is 10.4. The molecule has 0 spiro atoms. The summed E-state index contributed by atoms with van der Waals surface area (Å²) in [7, 11) is 0. The molecule has 4 heterocycles. The maximum atomic E-state index is 12.6. The number of carbonyl (C=O) groups excluding carboxylic acids is 1. The second-order valence-electron chi connectivity index (χ2n) is 9.11. The number of morpholine rings is 1. The van der Waals surface area contributed by atoms with Crippen LogP contribution in [0.3, 0.4) is 0 Å². The van der Waals surface area contributed by atoms with Gasteiger partial charge in [0, 0.05) is 43.3 Å². The smallest absolute Gasteiger partial charge is 0.251 e. The summed E-state index contributed by atoms with van der Waals surface area (Å²) in [6.45, 7) is 9.89. The number of benzene rings is 1. The fraction of sp³-hybridized carbons (Fsp3) is 0.370. The molecule has 1 saturated heterocycles. The molecule has 4 aromatic rings. The lowest BCUT2D eigenvalue weighted by Gasteiger charge is -2.26. The standard InChI is InChI=1S/C27H32N6O2/c1-20-18-21(2)29-25-24(20)26(32-12-3-4-13-32)30-33(25)19-22-6-8-23(9-7-22)27(34)28-10-5-11-31-14-16-35-17-15-31/h3-4,6-9,12-13,18H,5,10-11,14-17,19H2,1-2H3,(H,28,34). The molecular formula is C27H32N6O2. The molecule has 35 heavy (non-hydrogen) atoms. The minimum absolute atomic E-state index is 0.0362. The minimum Gasteiger partial charge on any atom is -0.379 e. The molecule has 8 heteroatoms. The predicted molar refractivity (Wildman–Crippen MR) is 136 cm³/mol. The number of nitrogens with one attached hydrogen (secondary N) is 1. The first-order chi connectivity index (χ1) is 17.1. The van der Waals surface area contributed by atoms with Crippen LogP contribution in [0.25, 0.3) is 16.9 Å². The lowest BCUT2D eigenvalue weighted by atomic mass is 10.1. The molecule has 0 saturated carbocycles. The van der Waals surface area contributed by atoms with Crippen molar-refractivity contribution < 1.29 is 9.53 Å². The summed E-state index contributed by atoms with van der Waals surface area (Å²) in [6, 6.07) is 13.8. The largest absolute Gasteiger partial charge is 0.379 e. The Morgan fingerprint density at radius 1 is 1.09 bits per heavy atom. The molecule has 0 aliphatic carbocycles. The highest BCUT2D eigenvalue weighted by atomic mass is 16.5. The summed E-state index contributed by atoms with van der Waals surface area (Å²) in [6.07, 6.45) is 4.94. The zero-order chi connectivity index (χ0) is 24.2. The van der Waals surface area contributed by atoms with Crippen LogP contribution in [0.2, 0.25) is 0 Å². The van der Waals surface area contributed by atoms with E-state index in [1.54, 1.807) is 0 Å². The van der Waals surface area contributed by atoms with Crippen LogP contribution in [0, 0.1) is 13.8 Å². The summed E-state index contributed by atoms with van der Waals surface area (Å²) in [5.41, 5.74) is 4.73. The van der Waals surface area contributed by atoms with Gasteiger partial charge in [0.05, 0.1) is 25.1 Å². The van der Waals surface area contributed by atoms with Crippen molar-refractivity contribution in [1.29, 1.82) is 0 Å². The van der Waals surface area contributed by atoms with E-state index in [0.29, 0.717) is 18.7 Å². The molecule has 1 fully saturated rings. The second-order valence-corrected chi connectivity index (χ2v) is 9.11. The van der Waals surface area contributed by atoms with E-state index in [1.165, 1.54) is 0 Å². The summed E-state index contributed by atoms with van der Waals surface area (Å²) >= 11 is 0. The number of hydrogen-bond donors (Lipinski definition) is 1. The Morgan fingerprint density at radius 3 is 2.57 bits per heavy atom. The highest BCUT2D eigenvalue weighted by Crippen LogP contribution is 2.25. The Morgan fingerprint density at radius 2 is 1.83 bits per heavy atom. The maximum Gasteiger partial charge on any atom is 0.251 e. The molecule has 0 bridgehead atoms. The zero-order valence-corrected chi connectivity index (χ0v) is 20.4. The number of rotatable bonds is 8. The van der Waals surface area contributed by atoms with E-state index in [1.807, 2.05) is 65.0 Å². The predicted octanol–water partition coefficient (Wildman–Crippen LogP) is 3.34. The summed E-state index contributed by atoms with van der Waals surface area (Å²) in [5.74, 6) is 0.842. The van der Waals surface area contributed by atoms with E-state index in [9.17, 15) is 4.79 Å². The third kappa shape index (κ3) is 5.28. The van der Waals surface area contributed by atoms with Crippen LogP contribution in [0.15, 0.2) is 54.9 Å². The fourth-order valence-corrected chi connectivity index (χ4v) is 4.62. The van der Waals surface area contributed by atoms with Crippen molar-refractivity contribution in [2.45, 2.75) is 26.8 Å². The van der Waals surface area contributed by atoms with Gasteiger partial charge in [0.2, 0.25) is 0 Å². The first kappa shape index (κ1) is 23.3. The highest BCUT2D eigenvalue weighted by Gasteiger charge is 2.17. The van der Waals surface area contributed by atoms with Gasteiger partial charge in [-0.1, -0.05) is 12.1 Å². The van der Waals surface area contributed by atoms with Gasteiger partial charge in [-0.05, 0) is 68.3 Å². The zero-order valence-electron chi connectivity index (χ0n) is 20.4. The molecule has 5 rings (SSSR count). The quantitative estimate of drug-likeness (QED) is 0.398. The molecule has 1 amide bonds. The van der Waals surface area contributed by atoms with E-state index >= 15 is 0 Å². The van der Waals surface area contributed by atoms with Gasteiger partial charge in [0.1, 0.15) is 0 Å². The van der Waals surface area contributed by atoms with Crippen LogP contribution in [0.5, 0.6) is 0 Å². The van der Waals surface area contributed by atoms with Crippen molar-refractivity contribution in [3.8, 4) is 5.82 Å². The van der Waals surface area contributed by atoms with Gasteiger partial charge in [0.25, 0.3) is 5.91 Å². The van der Waals surface area contributed by atoms with Gasteiger partial charge in [0.15, 0.2) is 11.5 Å². The van der Waals surface area contributed by atoms with Crippen molar-refractivity contribution in [3.63, 3.8) is 0 Å². The third-order valence-corrected chi connectivity index (χ3v) is 6.45. The number of pyridine rings is 1. The van der Waals surface area contributed by atoms with Gasteiger partial charge >= 0.3 is 0 Å². The number of fused-ring (bicyclic) bond motifs is 1. The van der Waals surface area contributed by atoms with Gasteiger partial charge in [-0.2, -0.15) is 5.10 Å². The van der Waals surface area contributed by atoms with Crippen LogP contribution in [0.4, 0.5) is 0 Å². The van der Waals surface area contributed by atoms with Crippen molar-refractivity contribution in [2.24, 2.45) is 0 Å². The molecule has 0 atom stereocenters. The maximum absolute atomic E-state index is 12.6. The lowest BCUT2D eigenvalue weighted by molar-refractivity contribution is 0.0374. The van der Waals surface area contributed by atoms with E-state index in [4.69, 9.17) is 14.8 Å². The number of nitrogens with zero attached hydrogens (tertiary/aromatic N) is 5. The first-order valence-electron chi connectivity index (χ1n) is 12.2. The molecule has 0 unspecified atom stereocenters. The third-order valence-electron chi connectivity index (χ3n) is 6.45. The van der Waals surface area contributed by atoms with E-state index in [0.717, 1.165) is 72.9 Å². The molecule has 1 aliphatic heterocycles. The SMILES string of the molecule is Cc1cc(C)c2c(-n3cccc3)nn(Cc3ccc(C(=O)NCCCN4CCOCC4)cc3)c2n1. The topological polar surface area (TPSA) is 77.2 Å². The number of aromatic nitrogens is 4. The molecular weight excluding hydrogens is 440 g/mol. The number of amides is 1. The molecule has 0 radical (unpaired) electrons. The van der Waals surface area contributed by atoms with Gasteiger partial charge in [-0.3, -0.25) is 9.69 Å². The van der Waals surface area contributed by atoms with E-state index < -0.39 is 0 Å². The van der Waals surface area contributed by atoms with Crippen molar-refractivity contribution in [3.05, 3.63) is 77.2 Å². The molecule has 3 aromatic heterocycles. The summed E-state index contributed by atoms with van der Waals surface area (Å²) < 4.78 is 9.35. The molecule has 1 N–H and O–H groups in total. The normalized spacial score (nSPS) is 14.5. The Hall–Kier alpha value is -3.49. The molecule has 1 aromatic carbocycles. The Balaban J connectivity index is 1.25. The molecule has 182 valence electrons. The fourth-order valence-electron chi connectivity index (χ4n) is 4.62. The van der Waals surface area contributed by atoms with E-state index in [-0.39, 0.29) is 5.91 Å². The average molecular weight is 473 g/mol. The Bertz CT molecular complexity index is 1290. The Labute approximate surface area is 205 Å². The van der Waals surface area contributed by atoms with Crippen molar-refractivity contribution >= 4 is 16.9 Å². The average Bonchev–Trinajstić information content (AvgIpc) is 3.52.